The number of methoxy groups -OCH3 is 1. The predicted molar refractivity (Wildman–Crippen MR) is 105 cm³/mol. The molecule has 0 N–H and O–H groups in total. The van der Waals surface area contributed by atoms with Gasteiger partial charge in [-0.2, -0.15) is 5.10 Å². The normalized spacial score (nSPS) is 13.4. The van der Waals surface area contributed by atoms with E-state index < -0.39 is 0 Å². The molecule has 1 amide bonds. The third-order valence-corrected chi connectivity index (χ3v) is 5.35. The molecule has 0 atom stereocenters. The summed E-state index contributed by atoms with van der Waals surface area (Å²) in [5, 5.41) is 5.00. The van der Waals surface area contributed by atoms with Crippen LogP contribution in [0.5, 0.6) is 5.75 Å². The molecule has 2 aromatic carbocycles. The van der Waals surface area contributed by atoms with Crippen LogP contribution in [0.15, 0.2) is 48.7 Å². The number of carbonyl (C=O) groups is 1. The molecule has 1 aromatic heterocycles. The Hall–Kier alpha value is -2.79. The molecule has 0 fully saturated rings. The summed E-state index contributed by atoms with van der Waals surface area (Å²) < 4.78 is 7.03. The fourth-order valence-electron chi connectivity index (χ4n) is 3.49. The molecule has 2 heterocycles. The lowest BCUT2D eigenvalue weighted by Gasteiger charge is -2.29. The quantitative estimate of drug-likeness (QED) is 0.687. The monoisotopic (exact) mass is 381 g/mol. The summed E-state index contributed by atoms with van der Waals surface area (Å²) in [5.74, 6) is 0.796. The maximum Gasteiger partial charge on any atom is 0.257 e. The number of nitrogens with zero attached hydrogens (tertiary/aromatic N) is 3. The number of carbonyl (C=O) groups excluding carboxylic acids is 1. The Morgan fingerprint density at radius 2 is 2.00 bits per heavy atom. The van der Waals surface area contributed by atoms with Crippen LogP contribution in [0.3, 0.4) is 0 Å². The second kappa shape index (κ2) is 7.08. The van der Waals surface area contributed by atoms with E-state index in [-0.39, 0.29) is 5.91 Å². The molecular formula is C21H20ClN3O2. The highest BCUT2D eigenvalue weighted by Gasteiger charge is 2.25. The minimum absolute atomic E-state index is 0.0146. The second-order valence-electron chi connectivity index (χ2n) is 6.62. The molecule has 1 aliphatic rings. The van der Waals surface area contributed by atoms with Crippen molar-refractivity contribution in [3.63, 3.8) is 0 Å². The Morgan fingerprint density at radius 1 is 1.19 bits per heavy atom. The number of benzene rings is 2. The number of hydrogen-bond acceptors (Lipinski definition) is 3. The van der Waals surface area contributed by atoms with Gasteiger partial charge in [0.15, 0.2) is 0 Å². The predicted octanol–water partition coefficient (Wildman–Crippen LogP) is 4.04. The Bertz CT molecular complexity index is 1010. The standard InChI is InChI=1S/C21H20ClN3O2/c1-14-18(12-23-25(14)20-6-4-3-5-19(20)22)21(26)24-10-9-15-7-8-17(27-2)11-16(15)13-24/h3-8,11-12H,9-10,13H2,1-2H3. The zero-order valence-corrected chi connectivity index (χ0v) is 16.0. The van der Waals surface area contributed by atoms with Crippen LogP contribution in [0.1, 0.15) is 27.2 Å². The van der Waals surface area contributed by atoms with Crippen LogP contribution in [-0.4, -0.2) is 34.2 Å². The van der Waals surface area contributed by atoms with Gasteiger partial charge in [-0.3, -0.25) is 4.79 Å². The van der Waals surface area contributed by atoms with E-state index in [0.717, 1.165) is 29.1 Å². The van der Waals surface area contributed by atoms with Crippen molar-refractivity contribution < 1.29 is 9.53 Å². The number of aromatic nitrogens is 2. The highest BCUT2D eigenvalue weighted by Crippen LogP contribution is 2.26. The summed E-state index contributed by atoms with van der Waals surface area (Å²) in [6.07, 6.45) is 2.46. The van der Waals surface area contributed by atoms with Crippen LogP contribution in [0.2, 0.25) is 5.02 Å². The van der Waals surface area contributed by atoms with E-state index in [1.165, 1.54) is 5.56 Å². The van der Waals surface area contributed by atoms with Gasteiger partial charge in [0.2, 0.25) is 0 Å². The first kappa shape index (κ1) is 17.6. The second-order valence-corrected chi connectivity index (χ2v) is 7.03. The number of amides is 1. The molecule has 5 nitrogen and oxygen atoms in total. The molecule has 27 heavy (non-hydrogen) atoms. The smallest absolute Gasteiger partial charge is 0.257 e. The van der Waals surface area contributed by atoms with Gasteiger partial charge in [0.05, 0.1) is 35.3 Å². The zero-order chi connectivity index (χ0) is 19.0. The fraction of sp³-hybridized carbons (Fsp3) is 0.238. The largest absolute Gasteiger partial charge is 0.497 e. The van der Waals surface area contributed by atoms with Gasteiger partial charge in [-0.1, -0.05) is 29.8 Å². The third kappa shape index (κ3) is 3.19. The van der Waals surface area contributed by atoms with E-state index in [9.17, 15) is 4.79 Å². The molecule has 0 bridgehead atoms. The summed E-state index contributed by atoms with van der Waals surface area (Å²) >= 11 is 6.29. The number of halogens is 1. The Morgan fingerprint density at radius 3 is 2.78 bits per heavy atom. The van der Waals surface area contributed by atoms with Gasteiger partial charge in [-0.05, 0) is 48.7 Å². The molecule has 0 saturated carbocycles. The van der Waals surface area contributed by atoms with Crippen molar-refractivity contribution in [1.29, 1.82) is 0 Å². The summed E-state index contributed by atoms with van der Waals surface area (Å²) in [4.78, 5) is 15.0. The van der Waals surface area contributed by atoms with E-state index in [2.05, 4.69) is 11.2 Å². The maximum atomic E-state index is 13.1. The van der Waals surface area contributed by atoms with Gasteiger partial charge in [0, 0.05) is 13.1 Å². The molecule has 4 rings (SSSR count). The number of fused-ring (bicyclic) bond motifs is 1. The Labute approximate surface area is 163 Å². The lowest BCUT2D eigenvalue weighted by atomic mass is 9.99. The van der Waals surface area contributed by atoms with Crippen LogP contribution in [0, 0.1) is 6.92 Å². The number of ether oxygens (including phenoxy) is 1. The molecule has 0 spiro atoms. The minimum atomic E-state index is -0.0146. The van der Waals surface area contributed by atoms with Crippen LogP contribution in [0.4, 0.5) is 0 Å². The van der Waals surface area contributed by atoms with Crippen molar-refractivity contribution in [2.45, 2.75) is 19.9 Å². The SMILES string of the molecule is COc1ccc2c(c1)CN(C(=O)c1cnn(-c3ccccc3Cl)c1C)CC2. The van der Waals surface area contributed by atoms with Crippen LogP contribution in [-0.2, 0) is 13.0 Å². The molecule has 6 heteroatoms. The van der Waals surface area contributed by atoms with Crippen molar-refractivity contribution in [3.8, 4) is 11.4 Å². The van der Waals surface area contributed by atoms with Crippen LogP contribution >= 0.6 is 11.6 Å². The minimum Gasteiger partial charge on any atom is -0.497 e. The molecular weight excluding hydrogens is 362 g/mol. The lowest BCUT2D eigenvalue weighted by molar-refractivity contribution is 0.0733. The number of para-hydroxylation sites is 1. The Balaban J connectivity index is 1.62. The van der Waals surface area contributed by atoms with Gasteiger partial charge in [-0.25, -0.2) is 4.68 Å². The lowest BCUT2D eigenvalue weighted by Crippen LogP contribution is -2.36. The number of rotatable bonds is 3. The van der Waals surface area contributed by atoms with Gasteiger partial charge < -0.3 is 9.64 Å². The van der Waals surface area contributed by atoms with Gasteiger partial charge in [0.25, 0.3) is 5.91 Å². The molecule has 0 saturated heterocycles. The average molecular weight is 382 g/mol. The van der Waals surface area contributed by atoms with Gasteiger partial charge >= 0.3 is 0 Å². The third-order valence-electron chi connectivity index (χ3n) is 5.03. The highest BCUT2D eigenvalue weighted by atomic mass is 35.5. The van der Waals surface area contributed by atoms with E-state index >= 15 is 0 Å². The Kier molecular flexibility index (Phi) is 4.62. The molecule has 3 aromatic rings. The van der Waals surface area contributed by atoms with Crippen LogP contribution in [0.25, 0.3) is 5.69 Å². The molecule has 0 radical (unpaired) electrons. The van der Waals surface area contributed by atoms with Crippen molar-refractivity contribution in [3.05, 3.63) is 76.1 Å². The topological polar surface area (TPSA) is 47.4 Å². The van der Waals surface area contributed by atoms with Crippen LogP contribution < -0.4 is 4.74 Å². The molecule has 0 unspecified atom stereocenters. The van der Waals surface area contributed by atoms with E-state index in [4.69, 9.17) is 16.3 Å². The first-order chi connectivity index (χ1) is 13.1. The number of hydrogen-bond donors (Lipinski definition) is 0. The highest BCUT2D eigenvalue weighted by molar-refractivity contribution is 6.32. The molecule has 0 aliphatic carbocycles. The van der Waals surface area contributed by atoms with E-state index in [1.54, 1.807) is 18.0 Å². The van der Waals surface area contributed by atoms with Gasteiger partial charge in [-0.15, -0.1) is 0 Å². The summed E-state index contributed by atoms with van der Waals surface area (Å²) in [5.41, 5.74) is 4.55. The fourth-order valence-corrected chi connectivity index (χ4v) is 3.71. The average Bonchev–Trinajstić information content (AvgIpc) is 3.08. The summed E-state index contributed by atoms with van der Waals surface area (Å²) in [7, 11) is 1.65. The zero-order valence-electron chi connectivity index (χ0n) is 15.3. The summed E-state index contributed by atoms with van der Waals surface area (Å²) in [6, 6.07) is 13.5. The van der Waals surface area contributed by atoms with Crippen molar-refractivity contribution in [2.75, 3.05) is 13.7 Å². The van der Waals surface area contributed by atoms with E-state index in [1.807, 2.05) is 48.2 Å². The maximum absolute atomic E-state index is 13.1. The van der Waals surface area contributed by atoms with Crippen molar-refractivity contribution >= 4 is 17.5 Å². The first-order valence-electron chi connectivity index (χ1n) is 8.83. The van der Waals surface area contributed by atoms with Crippen molar-refractivity contribution in [1.82, 2.24) is 14.7 Å². The molecule has 138 valence electrons. The van der Waals surface area contributed by atoms with Crippen molar-refractivity contribution in [2.24, 2.45) is 0 Å². The molecule has 1 aliphatic heterocycles. The van der Waals surface area contributed by atoms with Gasteiger partial charge in [0.1, 0.15) is 5.75 Å². The summed E-state index contributed by atoms with van der Waals surface area (Å²) in [6.45, 7) is 3.15. The first-order valence-corrected chi connectivity index (χ1v) is 9.21. The van der Waals surface area contributed by atoms with E-state index in [0.29, 0.717) is 23.7 Å².